The van der Waals surface area contributed by atoms with E-state index in [1.165, 1.54) is 68.2 Å². The highest BCUT2D eigenvalue weighted by molar-refractivity contribution is 5.35. The van der Waals surface area contributed by atoms with Crippen molar-refractivity contribution >= 4 is 0 Å². The van der Waals surface area contributed by atoms with Gasteiger partial charge >= 0.3 is 0 Å². The smallest absolute Gasteiger partial charge is 0.204 e. The number of benzene rings is 3. The molecule has 0 heterocycles. The number of hydrogen-bond acceptors (Lipinski definition) is 3. The van der Waals surface area contributed by atoms with E-state index in [-0.39, 0.29) is 24.7 Å². The number of aryl methyl sites for hydroxylation is 1. The average molecular weight is 549 g/mol. The number of fused-ring (bicyclic) bond motifs is 1. The maximum atomic E-state index is 14.3. The minimum Gasteiger partial charge on any atom is -0.491 e. The average Bonchev–Trinajstić information content (AvgIpc) is 2.99. The minimum absolute atomic E-state index is 0.106. The highest BCUT2D eigenvalue weighted by Crippen LogP contribution is 2.46. The Morgan fingerprint density at radius 3 is 1.93 bits per heavy atom. The molecule has 2 saturated carbocycles. The van der Waals surface area contributed by atoms with Gasteiger partial charge in [0.15, 0.2) is 11.5 Å². The van der Waals surface area contributed by atoms with Crippen LogP contribution in [0.3, 0.4) is 0 Å². The molecule has 214 valence electrons. The van der Waals surface area contributed by atoms with Crippen LogP contribution in [0.2, 0.25) is 0 Å². The van der Waals surface area contributed by atoms with Crippen LogP contribution in [0.5, 0.6) is 11.5 Å². The molecule has 0 N–H and O–H groups in total. The van der Waals surface area contributed by atoms with Crippen LogP contribution in [0.25, 0.3) is 0 Å². The van der Waals surface area contributed by atoms with E-state index in [2.05, 4.69) is 31.2 Å². The van der Waals surface area contributed by atoms with Gasteiger partial charge < -0.3 is 14.2 Å². The Labute approximate surface area is 237 Å². The largest absolute Gasteiger partial charge is 0.491 e. The first-order chi connectivity index (χ1) is 19.5. The van der Waals surface area contributed by atoms with Crippen LogP contribution in [0.15, 0.2) is 60.7 Å². The Morgan fingerprint density at radius 2 is 1.25 bits per heavy atom. The van der Waals surface area contributed by atoms with Crippen LogP contribution in [0, 0.1) is 23.5 Å². The van der Waals surface area contributed by atoms with Crippen LogP contribution in [0.4, 0.5) is 8.78 Å². The summed E-state index contributed by atoms with van der Waals surface area (Å²) in [6.07, 6.45) is 10.2. The van der Waals surface area contributed by atoms with Gasteiger partial charge in [-0.2, -0.15) is 8.78 Å². The molecule has 4 atom stereocenters. The molecular weight excluding hydrogens is 506 g/mol. The third-order valence-electron chi connectivity index (χ3n) is 8.77. The topological polar surface area (TPSA) is 27.7 Å². The fourth-order valence-corrected chi connectivity index (χ4v) is 6.54. The maximum absolute atomic E-state index is 14.3. The molecule has 0 amide bonds. The third kappa shape index (κ3) is 7.04. The number of ether oxygens (including phenoxy) is 3. The summed E-state index contributed by atoms with van der Waals surface area (Å²) in [6, 6.07) is 20.2. The summed E-state index contributed by atoms with van der Waals surface area (Å²) in [5, 5.41) is 0. The second kappa shape index (κ2) is 13.6. The van der Waals surface area contributed by atoms with Crippen LogP contribution in [0.1, 0.15) is 87.0 Å². The molecule has 2 aliphatic rings. The van der Waals surface area contributed by atoms with Gasteiger partial charge in [-0.25, -0.2) is 0 Å². The van der Waals surface area contributed by atoms with Crippen molar-refractivity contribution in [3.8, 4) is 11.5 Å². The van der Waals surface area contributed by atoms with Crippen molar-refractivity contribution in [2.24, 2.45) is 11.8 Å². The zero-order chi connectivity index (χ0) is 27.9. The molecule has 5 rings (SSSR count). The van der Waals surface area contributed by atoms with Gasteiger partial charge in [0, 0.05) is 0 Å². The Balaban J connectivity index is 1.06. The Morgan fingerprint density at radius 1 is 0.650 bits per heavy atom. The van der Waals surface area contributed by atoms with Crippen LogP contribution in [-0.4, -0.2) is 12.7 Å². The standard InChI is InChI=1S/C35H42F2O3/c1-3-5-24-10-12-27(13-11-24)28-14-15-30-21-31(17-16-29(30)20-28)39-22-25-6-8-26(9-7-25)23-40-33-19-18-32(38-4-2)34(36)35(33)37/h6-13,18-19,28-31H,3-5,14-17,20-23H2,1-2H3. The monoisotopic (exact) mass is 548 g/mol. The highest BCUT2D eigenvalue weighted by atomic mass is 19.2. The van der Waals surface area contributed by atoms with Crippen molar-refractivity contribution < 1.29 is 23.0 Å². The fourth-order valence-electron chi connectivity index (χ4n) is 6.54. The van der Waals surface area contributed by atoms with Crippen molar-refractivity contribution in [2.75, 3.05) is 6.61 Å². The molecule has 5 heteroatoms. The first-order valence-corrected chi connectivity index (χ1v) is 15.1. The van der Waals surface area contributed by atoms with Gasteiger partial charge in [0.1, 0.15) is 6.61 Å². The second-order valence-corrected chi connectivity index (χ2v) is 11.5. The predicted molar refractivity (Wildman–Crippen MR) is 155 cm³/mol. The zero-order valence-corrected chi connectivity index (χ0v) is 23.8. The molecular formula is C35H42F2O3. The van der Waals surface area contributed by atoms with Gasteiger partial charge in [0.25, 0.3) is 0 Å². The molecule has 0 bridgehead atoms. The van der Waals surface area contributed by atoms with E-state index in [0.29, 0.717) is 18.6 Å². The first-order valence-electron chi connectivity index (χ1n) is 15.1. The summed E-state index contributed by atoms with van der Waals surface area (Å²) in [7, 11) is 0. The fraction of sp³-hybridized carbons (Fsp3) is 0.486. The Kier molecular flexibility index (Phi) is 9.74. The molecule has 0 aromatic heterocycles. The van der Waals surface area contributed by atoms with E-state index in [9.17, 15) is 8.78 Å². The summed E-state index contributed by atoms with van der Waals surface area (Å²) >= 11 is 0. The second-order valence-electron chi connectivity index (χ2n) is 11.5. The van der Waals surface area contributed by atoms with Gasteiger partial charge in [-0.05, 0) is 104 Å². The van der Waals surface area contributed by atoms with Gasteiger partial charge in [-0.1, -0.05) is 61.9 Å². The van der Waals surface area contributed by atoms with E-state index in [0.717, 1.165) is 29.4 Å². The molecule has 0 saturated heterocycles. The van der Waals surface area contributed by atoms with Crippen molar-refractivity contribution in [1.29, 1.82) is 0 Å². The van der Waals surface area contributed by atoms with Crippen LogP contribution >= 0.6 is 0 Å². The number of hydrogen-bond donors (Lipinski definition) is 0. The molecule has 3 aromatic carbocycles. The van der Waals surface area contributed by atoms with Gasteiger partial charge in [0.05, 0.1) is 19.3 Å². The summed E-state index contributed by atoms with van der Waals surface area (Å²) in [4.78, 5) is 0. The van der Waals surface area contributed by atoms with E-state index in [4.69, 9.17) is 14.2 Å². The van der Waals surface area contributed by atoms with Crippen molar-refractivity contribution in [3.63, 3.8) is 0 Å². The molecule has 2 aliphatic carbocycles. The maximum Gasteiger partial charge on any atom is 0.204 e. The van der Waals surface area contributed by atoms with Crippen molar-refractivity contribution in [1.82, 2.24) is 0 Å². The highest BCUT2D eigenvalue weighted by Gasteiger charge is 2.36. The predicted octanol–water partition coefficient (Wildman–Crippen LogP) is 9.16. The lowest BCUT2D eigenvalue weighted by Crippen LogP contribution is -2.33. The number of rotatable bonds is 11. The molecule has 0 spiro atoms. The molecule has 2 fully saturated rings. The molecule has 0 aliphatic heterocycles. The molecule has 4 unspecified atom stereocenters. The van der Waals surface area contributed by atoms with Crippen molar-refractivity contribution in [3.05, 3.63) is 94.6 Å². The SMILES string of the molecule is CCCc1ccc(C2CCC3CC(OCc4ccc(COc5ccc(OCC)c(F)c5F)cc4)CCC3C2)cc1. The molecule has 3 aromatic rings. The summed E-state index contributed by atoms with van der Waals surface area (Å²) < 4.78 is 45.3. The zero-order valence-electron chi connectivity index (χ0n) is 23.8. The lowest BCUT2D eigenvalue weighted by molar-refractivity contribution is -0.0237. The number of halogens is 2. The minimum atomic E-state index is -1.03. The summed E-state index contributed by atoms with van der Waals surface area (Å²) in [6.45, 7) is 4.97. The summed E-state index contributed by atoms with van der Waals surface area (Å²) in [5.41, 5.74) is 4.98. The molecule has 40 heavy (non-hydrogen) atoms. The van der Waals surface area contributed by atoms with Crippen LogP contribution in [-0.2, 0) is 24.4 Å². The van der Waals surface area contributed by atoms with Gasteiger partial charge in [-0.3, -0.25) is 0 Å². The third-order valence-corrected chi connectivity index (χ3v) is 8.77. The van der Waals surface area contributed by atoms with E-state index in [1.54, 1.807) is 6.92 Å². The first kappa shape index (κ1) is 28.6. The quantitative estimate of drug-likeness (QED) is 0.239. The molecule has 3 nitrogen and oxygen atoms in total. The lowest BCUT2D eigenvalue weighted by atomic mass is 9.65. The lowest BCUT2D eigenvalue weighted by Gasteiger charge is -2.42. The van der Waals surface area contributed by atoms with E-state index < -0.39 is 11.6 Å². The molecule has 0 radical (unpaired) electrons. The Hall–Kier alpha value is -2.92. The summed E-state index contributed by atoms with van der Waals surface area (Å²) in [5.74, 6) is 0.0328. The Bertz CT molecular complexity index is 1220. The van der Waals surface area contributed by atoms with E-state index >= 15 is 0 Å². The normalized spacial score (nSPS) is 22.5. The van der Waals surface area contributed by atoms with Gasteiger partial charge in [-0.15, -0.1) is 0 Å². The van der Waals surface area contributed by atoms with E-state index in [1.807, 2.05) is 24.3 Å². The van der Waals surface area contributed by atoms with Crippen LogP contribution < -0.4 is 9.47 Å². The van der Waals surface area contributed by atoms with Crippen molar-refractivity contribution in [2.45, 2.75) is 90.4 Å². The van der Waals surface area contributed by atoms with Gasteiger partial charge in [0.2, 0.25) is 11.6 Å².